The van der Waals surface area contributed by atoms with Gasteiger partial charge in [-0.05, 0) is 49.1 Å². The minimum Gasteiger partial charge on any atom is -0.440 e. The van der Waals surface area contributed by atoms with Gasteiger partial charge in [0, 0.05) is 31.6 Å². The lowest BCUT2D eigenvalue weighted by Gasteiger charge is -2.30. The van der Waals surface area contributed by atoms with Crippen molar-refractivity contribution in [2.75, 3.05) is 13.1 Å². The predicted molar refractivity (Wildman–Crippen MR) is 114 cm³/mol. The molecule has 0 saturated carbocycles. The molecule has 1 saturated heterocycles. The second kappa shape index (κ2) is 8.14. The topological polar surface area (TPSA) is 64.2 Å². The highest BCUT2D eigenvalue weighted by atomic mass is 16.3. The van der Waals surface area contributed by atoms with Crippen LogP contribution in [0.1, 0.15) is 36.6 Å². The minimum absolute atomic E-state index is 0.207. The molecule has 0 aliphatic carbocycles. The lowest BCUT2D eigenvalue weighted by Crippen LogP contribution is -2.38. The number of carbonyl (C=O) groups is 1. The van der Waals surface area contributed by atoms with Crippen LogP contribution in [-0.2, 0) is 11.2 Å². The van der Waals surface area contributed by atoms with E-state index in [1.165, 1.54) is 0 Å². The highest BCUT2D eigenvalue weighted by Gasteiger charge is 2.26. The van der Waals surface area contributed by atoms with Gasteiger partial charge in [0.05, 0.1) is 11.9 Å². The first-order valence-electron chi connectivity index (χ1n) is 10.5. The van der Waals surface area contributed by atoms with E-state index in [4.69, 9.17) is 4.42 Å². The fourth-order valence-corrected chi connectivity index (χ4v) is 4.06. The molecule has 1 aliphatic heterocycles. The molecule has 5 rings (SSSR count). The van der Waals surface area contributed by atoms with Crippen molar-refractivity contribution in [3.05, 3.63) is 78.4 Å². The number of rotatable bonds is 5. The third-order valence-corrected chi connectivity index (χ3v) is 5.79. The Kier molecular flexibility index (Phi) is 5.05. The number of nitrogens with zero attached hydrogens (tertiary/aromatic N) is 4. The van der Waals surface area contributed by atoms with Gasteiger partial charge >= 0.3 is 0 Å². The molecule has 0 spiro atoms. The number of aromatic nitrogens is 3. The second-order valence-corrected chi connectivity index (χ2v) is 7.80. The van der Waals surface area contributed by atoms with Crippen LogP contribution >= 0.6 is 0 Å². The van der Waals surface area contributed by atoms with Crippen molar-refractivity contribution < 1.29 is 9.21 Å². The fraction of sp³-hybridized carbons (Fsp3) is 0.292. The largest absolute Gasteiger partial charge is 0.440 e. The molecule has 6 nitrogen and oxygen atoms in total. The molecule has 6 heteroatoms. The van der Waals surface area contributed by atoms with Gasteiger partial charge in [-0.3, -0.25) is 4.79 Å². The molecule has 0 N–H and O–H groups in total. The van der Waals surface area contributed by atoms with Crippen molar-refractivity contribution >= 4 is 17.0 Å². The van der Waals surface area contributed by atoms with Crippen LogP contribution < -0.4 is 0 Å². The van der Waals surface area contributed by atoms with Crippen LogP contribution in [0.4, 0.5) is 0 Å². The van der Waals surface area contributed by atoms with Gasteiger partial charge < -0.3 is 9.32 Å². The van der Waals surface area contributed by atoms with E-state index >= 15 is 0 Å². The number of oxazole rings is 1. The van der Waals surface area contributed by atoms with Crippen LogP contribution in [-0.4, -0.2) is 38.7 Å². The molecule has 0 radical (unpaired) electrons. The number of hydrogen-bond donors (Lipinski definition) is 0. The number of para-hydroxylation sites is 3. The molecule has 2 aromatic carbocycles. The smallest absolute Gasteiger partial charge is 0.222 e. The van der Waals surface area contributed by atoms with Crippen LogP contribution in [0.3, 0.4) is 0 Å². The predicted octanol–water partition coefficient (Wildman–Crippen LogP) is 4.35. The molecule has 3 heterocycles. The second-order valence-electron chi connectivity index (χ2n) is 7.80. The van der Waals surface area contributed by atoms with E-state index in [1.54, 1.807) is 0 Å². The normalized spacial score (nSPS) is 15.0. The lowest BCUT2D eigenvalue weighted by atomic mass is 9.96. The van der Waals surface area contributed by atoms with Crippen LogP contribution in [0.25, 0.3) is 16.8 Å². The van der Waals surface area contributed by atoms with Crippen LogP contribution in [0.5, 0.6) is 0 Å². The summed E-state index contributed by atoms with van der Waals surface area (Å²) in [5, 5.41) is 4.41. The zero-order valence-electron chi connectivity index (χ0n) is 16.8. The Balaban J connectivity index is 1.14. The van der Waals surface area contributed by atoms with Crippen LogP contribution in [0, 0.1) is 0 Å². The number of aryl methyl sites for hydroxylation is 1. The maximum atomic E-state index is 12.7. The number of benzene rings is 2. The highest BCUT2D eigenvalue weighted by Crippen LogP contribution is 2.30. The molecule has 0 bridgehead atoms. The Morgan fingerprint density at radius 2 is 1.80 bits per heavy atom. The van der Waals surface area contributed by atoms with Gasteiger partial charge in [-0.15, -0.1) is 0 Å². The summed E-state index contributed by atoms with van der Waals surface area (Å²) in [4.78, 5) is 19.3. The van der Waals surface area contributed by atoms with Crippen molar-refractivity contribution in [1.29, 1.82) is 0 Å². The van der Waals surface area contributed by atoms with Gasteiger partial charge in [0.15, 0.2) is 11.5 Å². The lowest BCUT2D eigenvalue weighted by molar-refractivity contribution is -0.132. The average molecular weight is 400 g/mol. The zero-order chi connectivity index (χ0) is 20.3. The Hall–Kier alpha value is -3.41. The fourth-order valence-electron chi connectivity index (χ4n) is 4.06. The molecule has 2 aromatic heterocycles. The molecule has 0 atom stereocenters. The third kappa shape index (κ3) is 3.85. The van der Waals surface area contributed by atoms with Crippen LogP contribution in [0.15, 0.2) is 71.4 Å². The summed E-state index contributed by atoms with van der Waals surface area (Å²) < 4.78 is 7.78. The number of likely N-dealkylation sites (tertiary alicyclic amines) is 1. The molecule has 1 aliphatic rings. The van der Waals surface area contributed by atoms with E-state index in [-0.39, 0.29) is 11.8 Å². The Bertz CT molecular complexity index is 1110. The average Bonchev–Trinajstić information content (AvgIpc) is 3.45. The summed E-state index contributed by atoms with van der Waals surface area (Å²) in [5.41, 5.74) is 3.84. The van der Waals surface area contributed by atoms with Crippen molar-refractivity contribution in [2.24, 2.45) is 0 Å². The summed E-state index contributed by atoms with van der Waals surface area (Å²) in [7, 11) is 0. The quantitative estimate of drug-likeness (QED) is 0.500. The standard InChI is InChI=1S/C24H24N4O2/c29-23(11-10-18-16-25-28(17-18)20-6-2-1-3-7-20)27-14-12-19(13-15-27)24-26-21-8-4-5-9-22(21)30-24/h1-9,16-17,19H,10-15H2. The van der Waals surface area contributed by atoms with Gasteiger partial charge in [-0.2, -0.15) is 5.10 Å². The highest BCUT2D eigenvalue weighted by molar-refractivity contribution is 5.76. The van der Waals surface area contributed by atoms with Crippen LogP contribution in [0.2, 0.25) is 0 Å². The molecule has 152 valence electrons. The molecule has 1 amide bonds. The summed E-state index contributed by atoms with van der Waals surface area (Å²) in [6, 6.07) is 17.9. The SMILES string of the molecule is O=C(CCc1cnn(-c2ccccc2)c1)N1CCC(c2nc3ccccc3o2)CC1. The maximum Gasteiger partial charge on any atom is 0.222 e. The summed E-state index contributed by atoms with van der Waals surface area (Å²) >= 11 is 0. The minimum atomic E-state index is 0.207. The number of amides is 1. The van der Waals surface area contributed by atoms with E-state index in [1.807, 2.05) is 76.6 Å². The number of piperidine rings is 1. The molecular weight excluding hydrogens is 376 g/mol. The van der Waals surface area contributed by atoms with Gasteiger partial charge in [-0.25, -0.2) is 9.67 Å². The molecule has 4 aromatic rings. The van der Waals surface area contributed by atoms with E-state index < -0.39 is 0 Å². The summed E-state index contributed by atoms with van der Waals surface area (Å²) in [6.45, 7) is 1.51. The van der Waals surface area contributed by atoms with Gasteiger partial charge in [-0.1, -0.05) is 30.3 Å². The maximum absolute atomic E-state index is 12.7. The molecule has 30 heavy (non-hydrogen) atoms. The van der Waals surface area contributed by atoms with Gasteiger partial charge in [0.25, 0.3) is 0 Å². The first-order chi connectivity index (χ1) is 14.8. The van der Waals surface area contributed by atoms with E-state index in [0.717, 1.165) is 54.2 Å². The van der Waals surface area contributed by atoms with Gasteiger partial charge in [0.2, 0.25) is 5.91 Å². The number of carbonyl (C=O) groups excluding carboxylic acids is 1. The zero-order valence-corrected chi connectivity index (χ0v) is 16.8. The summed E-state index contributed by atoms with van der Waals surface area (Å²) in [6.07, 6.45) is 6.85. The van der Waals surface area contributed by atoms with E-state index in [2.05, 4.69) is 10.1 Å². The molecular formula is C24H24N4O2. The van der Waals surface area contributed by atoms with Crippen molar-refractivity contribution in [3.8, 4) is 5.69 Å². The summed E-state index contributed by atoms with van der Waals surface area (Å²) in [5.74, 6) is 1.29. The van der Waals surface area contributed by atoms with Crippen molar-refractivity contribution in [1.82, 2.24) is 19.7 Å². The van der Waals surface area contributed by atoms with Crippen molar-refractivity contribution in [3.63, 3.8) is 0 Å². The first-order valence-corrected chi connectivity index (χ1v) is 10.5. The van der Waals surface area contributed by atoms with E-state index in [0.29, 0.717) is 12.8 Å². The monoisotopic (exact) mass is 400 g/mol. The van der Waals surface area contributed by atoms with Crippen molar-refractivity contribution in [2.45, 2.75) is 31.6 Å². The van der Waals surface area contributed by atoms with E-state index in [9.17, 15) is 4.79 Å². The third-order valence-electron chi connectivity index (χ3n) is 5.79. The number of fused-ring (bicyclic) bond motifs is 1. The number of hydrogen-bond acceptors (Lipinski definition) is 4. The molecule has 1 fully saturated rings. The van der Waals surface area contributed by atoms with Gasteiger partial charge in [0.1, 0.15) is 5.52 Å². The molecule has 0 unspecified atom stereocenters. The Morgan fingerprint density at radius 3 is 2.60 bits per heavy atom. The Morgan fingerprint density at radius 1 is 1.03 bits per heavy atom. The Labute approximate surface area is 175 Å². The first kappa shape index (κ1) is 18.6.